The van der Waals surface area contributed by atoms with Crippen LogP contribution in [0.1, 0.15) is 12.5 Å². The Morgan fingerprint density at radius 1 is 1.53 bits per heavy atom. The molecular formula is C11H13FN2O. The van der Waals surface area contributed by atoms with Crippen LogP contribution in [0.3, 0.4) is 0 Å². The minimum Gasteiger partial charge on any atom is -0.383 e. The molecule has 0 spiro atoms. The molecular weight excluding hydrogens is 195 g/mol. The van der Waals surface area contributed by atoms with E-state index in [0.717, 1.165) is 5.69 Å². The Morgan fingerprint density at radius 3 is 3.00 bits per heavy atom. The summed E-state index contributed by atoms with van der Waals surface area (Å²) in [6.07, 6.45) is 0. The number of halogens is 1. The number of hydrogen-bond acceptors (Lipinski definition) is 3. The summed E-state index contributed by atoms with van der Waals surface area (Å²) in [7, 11) is 0. The van der Waals surface area contributed by atoms with Crippen molar-refractivity contribution in [1.82, 2.24) is 0 Å². The maximum Gasteiger partial charge on any atom is 0.141 e. The van der Waals surface area contributed by atoms with E-state index in [1.54, 1.807) is 12.1 Å². The first-order valence-electron chi connectivity index (χ1n) is 4.79. The zero-order valence-corrected chi connectivity index (χ0v) is 8.59. The summed E-state index contributed by atoms with van der Waals surface area (Å²) in [5, 5.41) is 11.6. The van der Waals surface area contributed by atoms with Gasteiger partial charge in [-0.3, -0.25) is 0 Å². The van der Waals surface area contributed by atoms with Gasteiger partial charge in [0.1, 0.15) is 11.9 Å². The molecule has 4 heteroatoms. The number of hydrogen-bond donors (Lipinski definition) is 1. The van der Waals surface area contributed by atoms with Crippen LogP contribution >= 0.6 is 0 Å². The van der Waals surface area contributed by atoms with E-state index in [1.807, 2.05) is 6.92 Å². The average Bonchev–Trinajstić information content (AvgIpc) is 2.26. The molecule has 1 aromatic rings. The monoisotopic (exact) mass is 208 g/mol. The largest absolute Gasteiger partial charge is 0.383 e. The first-order valence-corrected chi connectivity index (χ1v) is 4.79. The highest BCUT2D eigenvalue weighted by molar-refractivity contribution is 5.49. The van der Waals surface area contributed by atoms with E-state index < -0.39 is 5.82 Å². The number of nitriles is 1. The number of ether oxygens (including phenoxy) is 1. The highest BCUT2D eigenvalue weighted by Crippen LogP contribution is 2.13. The molecule has 80 valence electrons. The molecule has 1 N–H and O–H groups in total. The number of nitrogens with one attached hydrogen (secondary N) is 1. The van der Waals surface area contributed by atoms with E-state index in [9.17, 15) is 4.39 Å². The van der Waals surface area contributed by atoms with Gasteiger partial charge in [0.15, 0.2) is 0 Å². The third-order valence-electron chi connectivity index (χ3n) is 1.87. The number of anilines is 1. The average molecular weight is 208 g/mol. The fourth-order valence-corrected chi connectivity index (χ4v) is 1.13. The lowest BCUT2D eigenvalue weighted by atomic mass is 10.2. The van der Waals surface area contributed by atoms with Gasteiger partial charge in [-0.1, -0.05) is 0 Å². The van der Waals surface area contributed by atoms with Gasteiger partial charge in [-0.25, -0.2) is 4.39 Å². The van der Waals surface area contributed by atoms with E-state index in [2.05, 4.69) is 5.32 Å². The van der Waals surface area contributed by atoms with Crippen LogP contribution in [0, 0.1) is 17.1 Å². The van der Waals surface area contributed by atoms with Crippen molar-refractivity contribution >= 4 is 5.69 Å². The molecule has 0 fully saturated rings. The van der Waals surface area contributed by atoms with E-state index >= 15 is 0 Å². The van der Waals surface area contributed by atoms with E-state index in [-0.39, 0.29) is 5.56 Å². The van der Waals surface area contributed by atoms with E-state index in [1.165, 1.54) is 12.1 Å². The Morgan fingerprint density at radius 2 is 2.33 bits per heavy atom. The topological polar surface area (TPSA) is 45.0 Å². The van der Waals surface area contributed by atoms with E-state index in [0.29, 0.717) is 19.8 Å². The molecule has 1 rings (SSSR count). The van der Waals surface area contributed by atoms with Crippen LogP contribution in [-0.2, 0) is 4.74 Å². The molecule has 0 aliphatic rings. The highest BCUT2D eigenvalue weighted by Gasteiger charge is 2.01. The van der Waals surface area contributed by atoms with Crippen molar-refractivity contribution in [1.29, 1.82) is 5.26 Å². The Labute approximate surface area is 88.5 Å². The predicted octanol–water partition coefficient (Wildman–Crippen LogP) is 2.15. The van der Waals surface area contributed by atoms with Crippen molar-refractivity contribution in [2.24, 2.45) is 0 Å². The smallest absolute Gasteiger partial charge is 0.141 e. The Bertz CT molecular complexity index is 360. The minimum atomic E-state index is -0.493. The Hall–Kier alpha value is -1.60. The first kappa shape index (κ1) is 11.5. The SMILES string of the molecule is CCOCCNc1ccc(F)c(C#N)c1. The van der Waals surface area contributed by atoms with Gasteiger partial charge in [-0.05, 0) is 25.1 Å². The van der Waals surface area contributed by atoms with Gasteiger partial charge in [0, 0.05) is 18.8 Å². The Kier molecular flexibility index (Phi) is 4.58. The molecule has 0 saturated heterocycles. The van der Waals surface area contributed by atoms with Gasteiger partial charge in [0.05, 0.1) is 12.2 Å². The molecule has 0 saturated carbocycles. The second kappa shape index (κ2) is 5.99. The van der Waals surface area contributed by atoms with Crippen LogP contribution < -0.4 is 5.32 Å². The van der Waals surface area contributed by atoms with Crippen molar-refractivity contribution in [2.75, 3.05) is 25.1 Å². The molecule has 0 atom stereocenters. The second-order valence-corrected chi connectivity index (χ2v) is 2.93. The molecule has 0 heterocycles. The van der Waals surface area contributed by atoms with Crippen molar-refractivity contribution in [3.05, 3.63) is 29.6 Å². The molecule has 0 aromatic heterocycles. The normalized spacial score (nSPS) is 9.67. The number of nitrogens with zero attached hydrogens (tertiary/aromatic N) is 1. The molecule has 0 bridgehead atoms. The fraction of sp³-hybridized carbons (Fsp3) is 0.364. The predicted molar refractivity (Wildman–Crippen MR) is 56.1 cm³/mol. The van der Waals surface area contributed by atoms with Crippen molar-refractivity contribution in [3.63, 3.8) is 0 Å². The van der Waals surface area contributed by atoms with Gasteiger partial charge in [0.25, 0.3) is 0 Å². The van der Waals surface area contributed by atoms with Crippen molar-refractivity contribution in [3.8, 4) is 6.07 Å². The lowest BCUT2D eigenvalue weighted by molar-refractivity contribution is 0.158. The fourth-order valence-electron chi connectivity index (χ4n) is 1.13. The van der Waals surface area contributed by atoms with Crippen LogP contribution in [0.4, 0.5) is 10.1 Å². The summed E-state index contributed by atoms with van der Waals surface area (Å²) in [4.78, 5) is 0. The maximum atomic E-state index is 12.9. The third kappa shape index (κ3) is 3.56. The van der Waals surface area contributed by atoms with Crippen LogP contribution in [0.15, 0.2) is 18.2 Å². The van der Waals surface area contributed by atoms with Gasteiger partial charge in [0.2, 0.25) is 0 Å². The van der Waals surface area contributed by atoms with Gasteiger partial charge in [-0.15, -0.1) is 0 Å². The maximum absolute atomic E-state index is 12.9. The summed E-state index contributed by atoms with van der Waals surface area (Å²) >= 11 is 0. The van der Waals surface area contributed by atoms with Crippen molar-refractivity contribution in [2.45, 2.75) is 6.92 Å². The number of rotatable bonds is 5. The zero-order valence-electron chi connectivity index (χ0n) is 8.59. The molecule has 3 nitrogen and oxygen atoms in total. The van der Waals surface area contributed by atoms with Gasteiger partial charge < -0.3 is 10.1 Å². The molecule has 1 aromatic carbocycles. The van der Waals surface area contributed by atoms with Crippen LogP contribution in [-0.4, -0.2) is 19.8 Å². The summed E-state index contributed by atoms with van der Waals surface area (Å²) in [5.74, 6) is -0.493. The van der Waals surface area contributed by atoms with Crippen LogP contribution in [0.25, 0.3) is 0 Å². The quantitative estimate of drug-likeness (QED) is 0.754. The molecule has 0 aliphatic heterocycles. The summed E-state index contributed by atoms with van der Waals surface area (Å²) in [6.45, 7) is 3.83. The first-order chi connectivity index (χ1) is 7.27. The lowest BCUT2D eigenvalue weighted by Crippen LogP contribution is -2.09. The molecule has 0 radical (unpaired) electrons. The summed E-state index contributed by atoms with van der Waals surface area (Å²) < 4.78 is 18.1. The summed E-state index contributed by atoms with van der Waals surface area (Å²) in [5.41, 5.74) is 0.782. The molecule has 0 aliphatic carbocycles. The minimum absolute atomic E-state index is 0.0522. The summed E-state index contributed by atoms with van der Waals surface area (Å²) in [6, 6.07) is 6.16. The highest BCUT2D eigenvalue weighted by atomic mass is 19.1. The molecule has 0 unspecified atom stereocenters. The lowest BCUT2D eigenvalue weighted by Gasteiger charge is -2.06. The standard InChI is InChI=1S/C11H13FN2O/c1-2-15-6-5-14-10-3-4-11(12)9(7-10)8-13/h3-4,7,14H,2,5-6H2,1H3. The van der Waals surface area contributed by atoms with Crippen molar-refractivity contribution < 1.29 is 9.13 Å². The van der Waals surface area contributed by atoms with E-state index in [4.69, 9.17) is 10.00 Å². The van der Waals surface area contributed by atoms with Crippen LogP contribution in [0.5, 0.6) is 0 Å². The third-order valence-corrected chi connectivity index (χ3v) is 1.87. The zero-order chi connectivity index (χ0) is 11.1. The second-order valence-electron chi connectivity index (χ2n) is 2.93. The van der Waals surface area contributed by atoms with Gasteiger partial charge in [-0.2, -0.15) is 5.26 Å². The van der Waals surface area contributed by atoms with Gasteiger partial charge >= 0.3 is 0 Å². The Balaban J connectivity index is 2.52. The molecule has 0 amide bonds. The van der Waals surface area contributed by atoms with Crippen LogP contribution in [0.2, 0.25) is 0 Å². The number of benzene rings is 1. The molecule has 15 heavy (non-hydrogen) atoms.